The van der Waals surface area contributed by atoms with Crippen LogP contribution < -0.4 is 5.73 Å². The molecule has 0 fully saturated rings. The van der Waals surface area contributed by atoms with Crippen molar-refractivity contribution in [3.05, 3.63) is 51.5 Å². The van der Waals surface area contributed by atoms with Gasteiger partial charge in [0.1, 0.15) is 0 Å². The van der Waals surface area contributed by atoms with Gasteiger partial charge in [0, 0.05) is 23.5 Å². The number of nitrogens with two attached hydrogens (primary N) is 1. The van der Waals surface area contributed by atoms with Gasteiger partial charge in [-0.05, 0) is 19.4 Å². The van der Waals surface area contributed by atoms with Crippen molar-refractivity contribution in [3.63, 3.8) is 0 Å². The number of aryl methyl sites for hydroxylation is 2. The maximum atomic E-state index is 6.20. The maximum absolute atomic E-state index is 6.20. The molecule has 2 nitrogen and oxygen atoms in total. The van der Waals surface area contributed by atoms with Crippen molar-refractivity contribution in [3.8, 4) is 0 Å². The Morgan fingerprint density at radius 3 is 2.50 bits per heavy atom. The lowest BCUT2D eigenvalue weighted by Gasteiger charge is -2.12. The summed E-state index contributed by atoms with van der Waals surface area (Å²) in [4.78, 5) is 5.31. The zero-order valence-corrected chi connectivity index (χ0v) is 10.4. The Morgan fingerprint density at radius 1 is 1.25 bits per heavy atom. The van der Waals surface area contributed by atoms with Crippen molar-refractivity contribution in [2.75, 3.05) is 0 Å². The van der Waals surface area contributed by atoms with Crippen molar-refractivity contribution >= 4 is 11.3 Å². The summed E-state index contributed by atoms with van der Waals surface area (Å²) in [6.45, 7) is 4.21. The second-order valence-corrected chi connectivity index (χ2v) is 5.17. The van der Waals surface area contributed by atoms with E-state index in [1.807, 2.05) is 11.7 Å². The zero-order chi connectivity index (χ0) is 11.5. The summed E-state index contributed by atoms with van der Waals surface area (Å²) in [6, 6.07) is 6.57. The summed E-state index contributed by atoms with van der Waals surface area (Å²) in [5.41, 5.74) is 11.8. The molecule has 1 heterocycles. The Kier molecular flexibility index (Phi) is 3.36. The van der Waals surface area contributed by atoms with Crippen LogP contribution in [0, 0.1) is 13.8 Å². The number of hydrogen-bond donors (Lipinski definition) is 1. The maximum Gasteiger partial charge on any atom is 0.0794 e. The molecule has 0 saturated carbocycles. The Labute approximate surface area is 100 Å². The summed E-state index contributed by atoms with van der Waals surface area (Å²) in [6.07, 6.45) is 2.76. The Bertz CT molecular complexity index is 443. The third-order valence-corrected chi connectivity index (χ3v) is 3.38. The summed E-state index contributed by atoms with van der Waals surface area (Å²) in [5, 5.41) is 0. The topological polar surface area (TPSA) is 38.9 Å². The number of hydrogen-bond acceptors (Lipinski definition) is 3. The van der Waals surface area contributed by atoms with Gasteiger partial charge in [-0.1, -0.05) is 29.3 Å². The van der Waals surface area contributed by atoms with E-state index in [2.05, 4.69) is 37.0 Å². The molecule has 84 valence electrons. The van der Waals surface area contributed by atoms with E-state index in [9.17, 15) is 0 Å². The van der Waals surface area contributed by atoms with Crippen LogP contribution in [0.3, 0.4) is 0 Å². The number of rotatable bonds is 3. The van der Waals surface area contributed by atoms with Gasteiger partial charge in [-0.25, -0.2) is 0 Å². The third-order valence-electron chi connectivity index (χ3n) is 2.58. The number of nitrogens with zero attached hydrogens (tertiary/aromatic N) is 1. The van der Waals surface area contributed by atoms with Crippen LogP contribution in [0.25, 0.3) is 0 Å². The van der Waals surface area contributed by atoms with Gasteiger partial charge in [0.25, 0.3) is 0 Å². The molecule has 1 unspecified atom stereocenters. The highest BCUT2D eigenvalue weighted by Crippen LogP contribution is 2.20. The molecule has 0 aliphatic carbocycles. The van der Waals surface area contributed by atoms with Gasteiger partial charge in [0.15, 0.2) is 0 Å². The van der Waals surface area contributed by atoms with Crippen LogP contribution in [0.2, 0.25) is 0 Å². The van der Waals surface area contributed by atoms with Crippen LogP contribution in [0.4, 0.5) is 0 Å². The van der Waals surface area contributed by atoms with Gasteiger partial charge in [0.05, 0.1) is 5.51 Å². The standard InChI is InChI=1S/C13H16N2S/c1-9-3-10(2)5-11(4-9)13(14)6-12-7-15-8-16-12/h3-5,7-8,13H,6,14H2,1-2H3. The smallest absolute Gasteiger partial charge is 0.0794 e. The minimum Gasteiger partial charge on any atom is -0.324 e. The van der Waals surface area contributed by atoms with Crippen LogP contribution in [0.5, 0.6) is 0 Å². The van der Waals surface area contributed by atoms with E-state index < -0.39 is 0 Å². The van der Waals surface area contributed by atoms with Crippen molar-refractivity contribution in [2.24, 2.45) is 5.73 Å². The highest BCUT2D eigenvalue weighted by Gasteiger charge is 2.08. The molecule has 2 rings (SSSR count). The van der Waals surface area contributed by atoms with E-state index in [0.29, 0.717) is 0 Å². The van der Waals surface area contributed by atoms with E-state index >= 15 is 0 Å². The molecule has 1 aromatic carbocycles. The lowest BCUT2D eigenvalue weighted by Crippen LogP contribution is -2.13. The van der Waals surface area contributed by atoms with Crippen molar-refractivity contribution < 1.29 is 0 Å². The molecule has 0 amide bonds. The number of thiazole rings is 1. The first-order valence-corrected chi connectivity index (χ1v) is 6.24. The first kappa shape index (κ1) is 11.3. The van der Waals surface area contributed by atoms with Gasteiger partial charge in [-0.15, -0.1) is 11.3 Å². The highest BCUT2D eigenvalue weighted by atomic mass is 32.1. The van der Waals surface area contributed by atoms with E-state index in [-0.39, 0.29) is 6.04 Å². The Hall–Kier alpha value is -1.19. The molecular weight excluding hydrogens is 216 g/mol. The molecule has 3 heteroatoms. The molecule has 1 aromatic heterocycles. The SMILES string of the molecule is Cc1cc(C)cc(C(N)Cc2cncs2)c1. The molecule has 0 aliphatic rings. The molecule has 2 N–H and O–H groups in total. The van der Waals surface area contributed by atoms with Crippen molar-refractivity contribution in [2.45, 2.75) is 26.3 Å². The first-order valence-electron chi connectivity index (χ1n) is 5.36. The van der Waals surface area contributed by atoms with Crippen LogP contribution in [-0.2, 0) is 6.42 Å². The molecule has 0 spiro atoms. The van der Waals surface area contributed by atoms with Gasteiger partial charge in [-0.2, -0.15) is 0 Å². The molecule has 0 aliphatic heterocycles. The summed E-state index contributed by atoms with van der Waals surface area (Å²) in [5.74, 6) is 0. The fourth-order valence-electron chi connectivity index (χ4n) is 1.90. The summed E-state index contributed by atoms with van der Waals surface area (Å²) < 4.78 is 0. The van der Waals surface area contributed by atoms with Crippen molar-refractivity contribution in [1.82, 2.24) is 4.98 Å². The molecule has 0 radical (unpaired) electrons. The normalized spacial score (nSPS) is 12.7. The fraction of sp³-hybridized carbons (Fsp3) is 0.308. The zero-order valence-electron chi connectivity index (χ0n) is 9.60. The van der Waals surface area contributed by atoms with Crippen LogP contribution >= 0.6 is 11.3 Å². The number of aromatic nitrogens is 1. The molecule has 1 atom stereocenters. The summed E-state index contributed by atoms with van der Waals surface area (Å²) in [7, 11) is 0. The largest absolute Gasteiger partial charge is 0.324 e. The van der Waals surface area contributed by atoms with Gasteiger partial charge in [-0.3, -0.25) is 4.98 Å². The summed E-state index contributed by atoms with van der Waals surface area (Å²) >= 11 is 1.66. The lowest BCUT2D eigenvalue weighted by atomic mass is 9.99. The molecule has 0 saturated heterocycles. The predicted octanol–water partition coefficient (Wildman–Crippen LogP) is 3.00. The number of benzene rings is 1. The Balaban J connectivity index is 2.17. The van der Waals surface area contributed by atoms with Crippen molar-refractivity contribution in [1.29, 1.82) is 0 Å². The minimum absolute atomic E-state index is 0.0686. The third kappa shape index (κ3) is 2.68. The van der Waals surface area contributed by atoms with Gasteiger partial charge in [0.2, 0.25) is 0 Å². The van der Waals surface area contributed by atoms with Crippen LogP contribution in [-0.4, -0.2) is 4.98 Å². The highest BCUT2D eigenvalue weighted by molar-refractivity contribution is 7.09. The second kappa shape index (κ2) is 4.76. The molecule has 2 aromatic rings. The van der Waals surface area contributed by atoms with Crippen LogP contribution in [0.15, 0.2) is 29.9 Å². The second-order valence-electron chi connectivity index (χ2n) is 4.20. The first-order chi connectivity index (χ1) is 7.65. The Morgan fingerprint density at radius 2 is 1.94 bits per heavy atom. The van der Waals surface area contributed by atoms with E-state index in [1.54, 1.807) is 11.3 Å². The van der Waals surface area contributed by atoms with Crippen LogP contribution in [0.1, 0.15) is 27.6 Å². The fourth-order valence-corrected chi connectivity index (χ4v) is 2.56. The van der Waals surface area contributed by atoms with Gasteiger partial charge < -0.3 is 5.73 Å². The predicted molar refractivity (Wildman–Crippen MR) is 68.7 cm³/mol. The molecule has 0 bridgehead atoms. The monoisotopic (exact) mass is 232 g/mol. The lowest BCUT2D eigenvalue weighted by molar-refractivity contribution is 0.727. The van der Waals surface area contributed by atoms with Gasteiger partial charge >= 0.3 is 0 Å². The average molecular weight is 232 g/mol. The van der Waals surface area contributed by atoms with E-state index in [1.165, 1.54) is 21.6 Å². The quantitative estimate of drug-likeness (QED) is 0.883. The molecular formula is C13H16N2S. The van der Waals surface area contributed by atoms with E-state index in [0.717, 1.165) is 6.42 Å². The van der Waals surface area contributed by atoms with E-state index in [4.69, 9.17) is 5.73 Å². The molecule has 16 heavy (non-hydrogen) atoms. The minimum atomic E-state index is 0.0686. The average Bonchev–Trinajstić information content (AvgIpc) is 2.68.